The minimum Gasteiger partial charge on any atom is -0.466 e. The molecule has 0 spiro atoms. The SMILES string of the molecule is CCCCCCCCCCCCCCCCCCCCCC(O)CCCCOC(=O)CC. The van der Waals surface area contributed by atoms with Gasteiger partial charge in [0.15, 0.2) is 0 Å². The van der Waals surface area contributed by atoms with E-state index in [0.717, 1.165) is 32.1 Å². The molecular weight excluding hydrogens is 396 g/mol. The average molecular weight is 455 g/mol. The number of unbranched alkanes of at least 4 members (excludes halogenated alkanes) is 19. The number of esters is 1. The zero-order valence-corrected chi connectivity index (χ0v) is 22.0. The van der Waals surface area contributed by atoms with E-state index in [1.807, 2.05) is 6.92 Å². The lowest BCUT2D eigenvalue weighted by Gasteiger charge is -2.10. The maximum atomic E-state index is 11.0. The molecule has 0 saturated heterocycles. The van der Waals surface area contributed by atoms with Crippen LogP contribution in [0.25, 0.3) is 0 Å². The van der Waals surface area contributed by atoms with E-state index in [2.05, 4.69) is 6.92 Å². The Morgan fingerprint density at radius 3 is 1.28 bits per heavy atom. The summed E-state index contributed by atoms with van der Waals surface area (Å²) in [5.41, 5.74) is 0. The molecule has 0 aromatic carbocycles. The molecule has 0 aliphatic heterocycles. The molecule has 0 radical (unpaired) electrons. The molecule has 0 aliphatic rings. The van der Waals surface area contributed by atoms with Gasteiger partial charge in [-0.15, -0.1) is 0 Å². The van der Waals surface area contributed by atoms with Crippen LogP contribution in [0.3, 0.4) is 0 Å². The van der Waals surface area contributed by atoms with Gasteiger partial charge in [-0.25, -0.2) is 0 Å². The van der Waals surface area contributed by atoms with Gasteiger partial charge in [0.1, 0.15) is 0 Å². The van der Waals surface area contributed by atoms with Gasteiger partial charge >= 0.3 is 5.97 Å². The smallest absolute Gasteiger partial charge is 0.305 e. The zero-order valence-electron chi connectivity index (χ0n) is 22.0. The van der Waals surface area contributed by atoms with E-state index in [9.17, 15) is 9.90 Å². The second kappa shape index (κ2) is 26.7. The summed E-state index contributed by atoms with van der Waals surface area (Å²) < 4.78 is 5.06. The van der Waals surface area contributed by atoms with Gasteiger partial charge < -0.3 is 9.84 Å². The number of aliphatic hydroxyl groups is 1. The third kappa shape index (κ3) is 25.7. The predicted octanol–water partition coefficient (Wildman–Crippen LogP) is 9.29. The van der Waals surface area contributed by atoms with Crippen LogP contribution in [0.2, 0.25) is 0 Å². The lowest BCUT2D eigenvalue weighted by Crippen LogP contribution is -2.08. The average Bonchev–Trinajstić information content (AvgIpc) is 2.80. The van der Waals surface area contributed by atoms with Crippen molar-refractivity contribution in [2.75, 3.05) is 6.61 Å². The molecule has 3 nitrogen and oxygen atoms in total. The number of carbonyl (C=O) groups is 1. The number of hydrogen-bond donors (Lipinski definition) is 1. The quantitative estimate of drug-likeness (QED) is 0.105. The molecule has 1 unspecified atom stereocenters. The minimum absolute atomic E-state index is 0.125. The normalized spacial score (nSPS) is 12.2. The molecule has 0 amide bonds. The van der Waals surface area contributed by atoms with Gasteiger partial charge in [-0.1, -0.05) is 136 Å². The first-order chi connectivity index (χ1) is 15.7. The second-order valence-corrected chi connectivity index (χ2v) is 9.88. The molecule has 0 bridgehead atoms. The topological polar surface area (TPSA) is 46.5 Å². The summed E-state index contributed by atoms with van der Waals surface area (Å²) in [7, 11) is 0. The van der Waals surface area contributed by atoms with Gasteiger partial charge in [0.25, 0.3) is 0 Å². The van der Waals surface area contributed by atoms with E-state index in [-0.39, 0.29) is 12.1 Å². The Labute approximate surface area is 201 Å². The van der Waals surface area contributed by atoms with E-state index >= 15 is 0 Å². The van der Waals surface area contributed by atoms with Crippen molar-refractivity contribution >= 4 is 5.97 Å². The van der Waals surface area contributed by atoms with Gasteiger partial charge in [0.2, 0.25) is 0 Å². The van der Waals surface area contributed by atoms with E-state index in [0.29, 0.717) is 13.0 Å². The van der Waals surface area contributed by atoms with Crippen molar-refractivity contribution in [1.29, 1.82) is 0 Å². The molecule has 0 aliphatic carbocycles. The zero-order chi connectivity index (χ0) is 23.5. The van der Waals surface area contributed by atoms with Crippen LogP contribution in [0, 0.1) is 0 Å². The van der Waals surface area contributed by atoms with Crippen LogP contribution >= 0.6 is 0 Å². The molecule has 192 valence electrons. The summed E-state index contributed by atoms with van der Waals surface area (Å²) in [5, 5.41) is 10.0. The summed E-state index contributed by atoms with van der Waals surface area (Å²) in [6, 6.07) is 0. The lowest BCUT2D eigenvalue weighted by atomic mass is 10.0. The molecule has 3 heteroatoms. The van der Waals surface area contributed by atoms with Crippen LogP contribution in [0.4, 0.5) is 0 Å². The van der Waals surface area contributed by atoms with Crippen LogP contribution < -0.4 is 0 Å². The Hall–Kier alpha value is -0.570. The number of ether oxygens (including phenoxy) is 1. The van der Waals surface area contributed by atoms with E-state index < -0.39 is 0 Å². The van der Waals surface area contributed by atoms with E-state index in [1.165, 1.54) is 116 Å². The third-order valence-electron chi connectivity index (χ3n) is 6.62. The predicted molar refractivity (Wildman–Crippen MR) is 139 cm³/mol. The number of rotatable bonds is 26. The van der Waals surface area contributed by atoms with Gasteiger partial charge in [-0.05, 0) is 25.7 Å². The fourth-order valence-corrected chi connectivity index (χ4v) is 4.37. The first-order valence-corrected chi connectivity index (χ1v) is 14.5. The first kappa shape index (κ1) is 31.4. The third-order valence-corrected chi connectivity index (χ3v) is 6.62. The molecule has 0 saturated carbocycles. The second-order valence-electron chi connectivity index (χ2n) is 9.88. The highest BCUT2D eigenvalue weighted by atomic mass is 16.5. The maximum Gasteiger partial charge on any atom is 0.305 e. The highest BCUT2D eigenvalue weighted by Crippen LogP contribution is 2.15. The van der Waals surface area contributed by atoms with Gasteiger partial charge in [-0.3, -0.25) is 4.79 Å². The Morgan fingerprint density at radius 2 is 0.906 bits per heavy atom. The van der Waals surface area contributed by atoms with Crippen molar-refractivity contribution in [1.82, 2.24) is 0 Å². The van der Waals surface area contributed by atoms with Crippen molar-refractivity contribution in [3.63, 3.8) is 0 Å². The Bertz CT molecular complexity index is 369. The highest BCUT2D eigenvalue weighted by Gasteiger charge is 2.04. The van der Waals surface area contributed by atoms with E-state index in [1.54, 1.807) is 0 Å². The summed E-state index contributed by atoms with van der Waals surface area (Å²) in [5.74, 6) is -0.125. The molecular formula is C29H58O3. The Morgan fingerprint density at radius 1 is 0.562 bits per heavy atom. The van der Waals surface area contributed by atoms with Crippen molar-refractivity contribution in [2.45, 2.75) is 174 Å². The molecule has 0 aromatic rings. The van der Waals surface area contributed by atoms with Crippen LogP contribution in [0.5, 0.6) is 0 Å². The maximum absolute atomic E-state index is 11.0. The molecule has 1 N–H and O–H groups in total. The van der Waals surface area contributed by atoms with Gasteiger partial charge in [0, 0.05) is 6.42 Å². The fraction of sp³-hybridized carbons (Fsp3) is 0.966. The van der Waals surface area contributed by atoms with Gasteiger partial charge in [0.05, 0.1) is 12.7 Å². The molecule has 0 fully saturated rings. The Kier molecular flexibility index (Phi) is 26.2. The number of aliphatic hydroxyl groups excluding tert-OH is 1. The van der Waals surface area contributed by atoms with Crippen LogP contribution in [0.15, 0.2) is 0 Å². The largest absolute Gasteiger partial charge is 0.466 e. The molecule has 0 rings (SSSR count). The van der Waals surface area contributed by atoms with Crippen LogP contribution in [0.1, 0.15) is 168 Å². The van der Waals surface area contributed by atoms with Crippen molar-refractivity contribution in [3.8, 4) is 0 Å². The monoisotopic (exact) mass is 454 g/mol. The summed E-state index contributed by atoms with van der Waals surface area (Å²) in [6.45, 7) is 4.60. The summed E-state index contributed by atoms with van der Waals surface area (Å²) >= 11 is 0. The highest BCUT2D eigenvalue weighted by molar-refractivity contribution is 5.68. The number of carbonyl (C=O) groups excluding carboxylic acids is 1. The van der Waals surface area contributed by atoms with Crippen LogP contribution in [-0.4, -0.2) is 23.8 Å². The first-order valence-electron chi connectivity index (χ1n) is 14.5. The molecule has 1 atom stereocenters. The Balaban J connectivity index is 3.13. The summed E-state index contributed by atoms with van der Waals surface area (Å²) in [6.07, 6.45) is 30.4. The lowest BCUT2D eigenvalue weighted by molar-refractivity contribution is -0.143. The van der Waals surface area contributed by atoms with Gasteiger partial charge in [-0.2, -0.15) is 0 Å². The van der Waals surface area contributed by atoms with Crippen molar-refractivity contribution < 1.29 is 14.6 Å². The van der Waals surface area contributed by atoms with Crippen molar-refractivity contribution in [2.24, 2.45) is 0 Å². The molecule has 0 aromatic heterocycles. The fourth-order valence-electron chi connectivity index (χ4n) is 4.37. The minimum atomic E-state index is -0.178. The summed E-state index contributed by atoms with van der Waals surface area (Å²) in [4.78, 5) is 11.0. The standard InChI is InChI=1S/C29H58O3/c1-3-5-6-7-8-9-10-11-12-13-14-15-16-17-18-19-20-21-22-25-28(30)26-23-24-27-32-29(31)4-2/h28,30H,3-27H2,1-2H3. The van der Waals surface area contributed by atoms with Crippen LogP contribution in [-0.2, 0) is 9.53 Å². The molecule has 32 heavy (non-hydrogen) atoms. The van der Waals surface area contributed by atoms with Crippen molar-refractivity contribution in [3.05, 3.63) is 0 Å². The molecule has 0 heterocycles. The number of hydrogen-bond acceptors (Lipinski definition) is 3. The van der Waals surface area contributed by atoms with E-state index in [4.69, 9.17) is 4.74 Å².